The SMILES string of the molecule is CCCC1CCN(C(=O)c2ccc(Cl)cc2Br)CC1. The predicted molar refractivity (Wildman–Crippen MR) is 82.7 cm³/mol. The number of amides is 1. The van der Waals surface area contributed by atoms with Crippen molar-refractivity contribution in [1.29, 1.82) is 0 Å². The van der Waals surface area contributed by atoms with Crippen LogP contribution in [-0.2, 0) is 0 Å². The van der Waals surface area contributed by atoms with Crippen LogP contribution < -0.4 is 0 Å². The first-order valence-electron chi connectivity index (χ1n) is 6.86. The number of halogens is 2. The van der Waals surface area contributed by atoms with E-state index in [4.69, 9.17) is 11.6 Å². The largest absolute Gasteiger partial charge is 0.339 e. The molecule has 2 rings (SSSR count). The maximum Gasteiger partial charge on any atom is 0.254 e. The van der Waals surface area contributed by atoms with E-state index in [-0.39, 0.29) is 5.91 Å². The Kier molecular flexibility index (Phi) is 5.28. The van der Waals surface area contributed by atoms with Crippen LogP contribution in [-0.4, -0.2) is 23.9 Å². The Morgan fingerprint density at radius 2 is 2.11 bits per heavy atom. The molecule has 1 aromatic rings. The number of hydrogen-bond acceptors (Lipinski definition) is 1. The maximum atomic E-state index is 12.4. The van der Waals surface area contributed by atoms with Crippen LogP contribution in [0.5, 0.6) is 0 Å². The molecular weight excluding hydrogens is 326 g/mol. The Balaban J connectivity index is 2.01. The van der Waals surface area contributed by atoms with Gasteiger partial charge in [0.1, 0.15) is 0 Å². The minimum absolute atomic E-state index is 0.110. The van der Waals surface area contributed by atoms with Crippen LogP contribution in [0.25, 0.3) is 0 Å². The Morgan fingerprint density at radius 3 is 2.68 bits per heavy atom. The first kappa shape index (κ1) is 14.9. The summed E-state index contributed by atoms with van der Waals surface area (Å²) in [6, 6.07) is 5.34. The lowest BCUT2D eigenvalue weighted by Gasteiger charge is -2.32. The van der Waals surface area contributed by atoms with Crippen molar-refractivity contribution in [3.63, 3.8) is 0 Å². The van der Waals surface area contributed by atoms with Gasteiger partial charge in [-0.1, -0.05) is 31.4 Å². The second-order valence-corrected chi connectivity index (χ2v) is 6.44. The second kappa shape index (κ2) is 6.76. The van der Waals surface area contributed by atoms with Crippen molar-refractivity contribution in [2.24, 2.45) is 5.92 Å². The summed E-state index contributed by atoms with van der Waals surface area (Å²) >= 11 is 9.33. The summed E-state index contributed by atoms with van der Waals surface area (Å²) in [6.07, 6.45) is 4.78. The quantitative estimate of drug-likeness (QED) is 0.774. The van der Waals surface area contributed by atoms with E-state index in [1.165, 1.54) is 12.8 Å². The molecule has 0 radical (unpaired) electrons. The molecule has 0 N–H and O–H groups in total. The van der Waals surface area contributed by atoms with Gasteiger partial charge in [0.25, 0.3) is 5.91 Å². The number of hydrogen-bond donors (Lipinski definition) is 0. The molecule has 0 saturated carbocycles. The van der Waals surface area contributed by atoms with Gasteiger partial charge in [0, 0.05) is 22.6 Å². The molecule has 4 heteroatoms. The van der Waals surface area contributed by atoms with Crippen LogP contribution in [0.2, 0.25) is 5.02 Å². The van der Waals surface area contributed by atoms with Crippen molar-refractivity contribution in [1.82, 2.24) is 4.90 Å². The number of carbonyl (C=O) groups is 1. The fourth-order valence-electron chi connectivity index (χ4n) is 2.67. The topological polar surface area (TPSA) is 20.3 Å². The van der Waals surface area contributed by atoms with E-state index in [0.717, 1.165) is 36.3 Å². The van der Waals surface area contributed by atoms with Gasteiger partial charge in [-0.15, -0.1) is 0 Å². The van der Waals surface area contributed by atoms with Crippen LogP contribution in [0.1, 0.15) is 43.0 Å². The summed E-state index contributed by atoms with van der Waals surface area (Å²) in [4.78, 5) is 14.4. The molecule has 1 aromatic carbocycles. The maximum absolute atomic E-state index is 12.4. The minimum atomic E-state index is 0.110. The van der Waals surface area contributed by atoms with Crippen molar-refractivity contribution in [3.8, 4) is 0 Å². The van der Waals surface area contributed by atoms with Crippen molar-refractivity contribution in [3.05, 3.63) is 33.3 Å². The summed E-state index contributed by atoms with van der Waals surface area (Å²) in [5, 5.41) is 0.644. The summed E-state index contributed by atoms with van der Waals surface area (Å²) in [5.41, 5.74) is 0.707. The molecule has 1 saturated heterocycles. The van der Waals surface area contributed by atoms with E-state index >= 15 is 0 Å². The van der Waals surface area contributed by atoms with E-state index in [1.807, 2.05) is 4.90 Å². The van der Waals surface area contributed by atoms with E-state index in [1.54, 1.807) is 18.2 Å². The second-order valence-electron chi connectivity index (χ2n) is 5.15. The third-order valence-electron chi connectivity index (χ3n) is 3.76. The molecule has 104 valence electrons. The number of carbonyl (C=O) groups excluding carboxylic acids is 1. The molecule has 0 atom stereocenters. The normalized spacial score (nSPS) is 16.7. The molecule has 0 unspecified atom stereocenters. The lowest BCUT2D eigenvalue weighted by molar-refractivity contribution is 0.0685. The summed E-state index contributed by atoms with van der Waals surface area (Å²) < 4.78 is 0.778. The average molecular weight is 345 g/mol. The first-order chi connectivity index (χ1) is 9.11. The highest BCUT2D eigenvalue weighted by molar-refractivity contribution is 9.10. The lowest BCUT2D eigenvalue weighted by atomic mass is 9.92. The Labute approximate surface area is 128 Å². The summed E-state index contributed by atoms with van der Waals surface area (Å²) in [5.74, 6) is 0.904. The summed E-state index contributed by atoms with van der Waals surface area (Å²) in [6.45, 7) is 3.97. The molecule has 0 spiro atoms. The Morgan fingerprint density at radius 1 is 1.42 bits per heavy atom. The molecular formula is C15H19BrClNO. The van der Waals surface area contributed by atoms with Gasteiger partial charge in [0.2, 0.25) is 0 Å². The molecule has 1 aliphatic heterocycles. The molecule has 0 bridgehead atoms. The van der Waals surface area contributed by atoms with Crippen LogP contribution in [0, 0.1) is 5.92 Å². The van der Waals surface area contributed by atoms with Crippen molar-refractivity contribution >= 4 is 33.4 Å². The van der Waals surface area contributed by atoms with Crippen LogP contribution in [0.3, 0.4) is 0 Å². The average Bonchev–Trinajstić information content (AvgIpc) is 2.39. The number of piperidine rings is 1. The van der Waals surface area contributed by atoms with E-state index in [2.05, 4.69) is 22.9 Å². The number of benzene rings is 1. The fraction of sp³-hybridized carbons (Fsp3) is 0.533. The standard InChI is InChI=1S/C15H19BrClNO/c1-2-3-11-6-8-18(9-7-11)15(19)13-5-4-12(17)10-14(13)16/h4-5,10-11H,2-3,6-9H2,1H3. The number of likely N-dealkylation sites (tertiary alicyclic amines) is 1. The van der Waals surface area contributed by atoms with Gasteiger partial charge in [-0.05, 0) is 52.9 Å². The van der Waals surface area contributed by atoms with Crippen molar-refractivity contribution in [2.75, 3.05) is 13.1 Å². The van der Waals surface area contributed by atoms with E-state index in [9.17, 15) is 4.79 Å². The zero-order valence-electron chi connectivity index (χ0n) is 11.2. The highest BCUT2D eigenvalue weighted by Crippen LogP contribution is 2.26. The van der Waals surface area contributed by atoms with Gasteiger partial charge in [0.15, 0.2) is 0 Å². The molecule has 1 fully saturated rings. The summed E-state index contributed by atoms with van der Waals surface area (Å²) in [7, 11) is 0. The molecule has 0 aromatic heterocycles. The van der Waals surface area contributed by atoms with Gasteiger partial charge < -0.3 is 4.90 Å². The fourth-order valence-corrected chi connectivity index (χ4v) is 3.52. The van der Waals surface area contributed by atoms with Crippen LogP contribution in [0.15, 0.2) is 22.7 Å². The zero-order chi connectivity index (χ0) is 13.8. The molecule has 19 heavy (non-hydrogen) atoms. The Hall–Kier alpha value is -0.540. The third kappa shape index (κ3) is 3.73. The minimum Gasteiger partial charge on any atom is -0.339 e. The number of rotatable bonds is 3. The van der Waals surface area contributed by atoms with Crippen LogP contribution >= 0.6 is 27.5 Å². The van der Waals surface area contributed by atoms with E-state index in [0.29, 0.717) is 10.6 Å². The molecule has 1 amide bonds. The number of nitrogens with zero attached hydrogens (tertiary/aromatic N) is 1. The zero-order valence-corrected chi connectivity index (χ0v) is 13.5. The molecule has 0 aliphatic carbocycles. The Bertz CT molecular complexity index is 455. The van der Waals surface area contributed by atoms with Gasteiger partial charge in [-0.25, -0.2) is 0 Å². The predicted octanol–water partition coefficient (Wildman–Crippen LogP) is 4.75. The highest BCUT2D eigenvalue weighted by Gasteiger charge is 2.24. The van der Waals surface area contributed by atoms with Crippen molar-refractivity contribution < 1.29 is 4.79 Å². The van der Waals surface area contributed by atoms with Gasteiger partial charge >= 0.3 is 0 Å². The monoisotopic (exact) mass is 343 g/mol. The first-order valence-corrected chi connectivity index (χ1v) is 8.03. The van der Waals surface area contributed by atoms with Crippen molar-refractivity contribution in [2.45, 2.75) is 32.6 Å². The molecule has 1 heterocycles. The smallest absolute Gasteiger partial charge is 0.254 e. The van der Waals surface area contributed by atoms with Gasteiger partial charge in [-0.3, -0.25) is 4.79 Å². The highest BCUT2D eigenvalue weighted by atomic mass is 79.9. The molecule has 2 nitrogen and oxygen atoms in total. The van der Waals surface area contributed by atoms with Gasteiger partial charge in [-0.2, -0.15) is 0 Å². The van der Waals surface area contributed by atoms with Crippen LogP contribution in [0.4, 0.5) is 0 Å². The lowest BCUT2D eigenvalue weighted by Crippen LogP contribution is -2.38. The molecule has 1 aliphatic rings. The third-order valence-corrected chi connectivity index (χ3v) is 4.65. The van der Waals surface area contributed by atoms with Gasteiger partial charge in [0.05, 0.1) is 5.56 Å². The van der Waals surface area contributed by atoms with E-state index < -0.39 is 0 Å².